The van der Waals surface area contributed by atoms with Crippen molar-refractivity contribution in [2.45, 2.75) is 0 Å². The van der Waals surface area contributed by atoms with Gasteiger partial charge in [0, 0.05) is 16.7 Å². The van der Waals surface area contributed by atoms with Gasteiger partial charge in [-0.15, -0.1) is 0 Å². The molecule has 0 radical (unpaired) electrons. The Labute approximate surface area is 91.8 Å². The molecule has 1 amide bonds. The van der Waals surface area contributed by atoms with Crippen molar-refractivity contribution >= 4 is 17.5 Å². The molecule has 15 heavy (non-hydrogen) atoms. The number of nitrogens with one attached hydrogen (secondary N) is 1. The summed E-state index contributed by atoms with van der Waals surface area (Å²) in [6.07, 6.45) is 0. The van der Waals surface area contributed by atoms with Crippen LogP contribution in [-0.4, -0.2) is 22.7 Å². The van der Waals surface area contributed by atoms with Gasteiger partial charge in [0.15, 0.2) is 0 Å². The molecule has 3 N–H and O–H groups in total. The molecular weight excluding hydrogens is 218 g/mol. The zero-order valence-corrected chi connectivity index (χ0v) is 8.58. The number of hydrogen-bond donors (Lipinski definition) is 3. The predicted octanol–water partition coefficient (Wildman–Crippen LogP) is 1.58. The van der Waals surface area contributed by atoms with Crippen LogP contribution in [0.15, 0.2) is 29.8 Å². The van der Waals surface area contributed by atoms with Gasteiger partial charge in [0.05, 0.1) is 6.54 Å². The molecule has 5 heteroatoms. The zero-order chi connectivity index (χ0) is 11.4. The van der Waals surface area contributed by atoms with Crippen molar-refractivity contribution in [2.24, 2.45) is 0 Å². The first-order chi connectivity index (χ1) is 6.99. The summed E-state index contributed by atoms with van der Waals surface area (Å²) in [6, 6.07) is 3.62. The highest BCUT2D eigenvalue weighted by Crippen LogP contribution is 2.20. The fourth-order valence-corrected chi connectivity index (χ4v) is 1.07. The molecule has 0 saturated carbocycles. The second-order valence-corrected chi connectivity index (χ2v) is 3.47. The summed E-state index contributed by atoms with van der Waals surface area (Å²) in [5, 5.41) is 21.0. The molecule has 1 aromatic carbocycles. The second-order valence-electron chi connectivity index (χ2n) is 2.94. The van der Waals surface area contributed by atoms with Gasteiger partial charge in [-0.3, -0.25) is 4.79 Å². The molecular formula is C10H10ClNO3. The van der Waals surface area contributed by atoms with Crippen LogP contribution in [0, 0.1) is 0 Å². The van der Waals surface area contributed by atoms with Crippen LogP contribution in [0.4, 0.5) is 0 Å². The van der Waals surface area contributed by atoms with E-state index in [4.69, 9.17) is 21.8 Å². The molecule has 0 aliphatic carbocycles. The van der Waals surface area contributed by atoms with Crippen molar-refractivity contribution in [3.63, 3.8) is 0 Å². The molecule has 0 spiro atoms. The molecule has 0 aromatic heterocycles. The second kappa shape index (κ2) is 4.70. The monoisotopic (exact) mass is 227 g/mol. The number of phenols is 2. The lowest BCUT2D eigenvalue weighted by Gasteiger charge is -2.04. The van der Waals surface area contributed by atoms with Gasteiger partial charge in [-0.25, -0.2) is 0 Å². The van der Waals surface area contributed by atoms with E-state index >= 15 is 0 Å². The molecule has 0 atom stereocenters. The lowest BCUT2D eigenvalue weighted by molar-refractivity contribution is 0.0957. The lowest BCUT2D eigenvalue weighted by atomic mass is 10.2. The summed E-state index contributed by atoms with van der Waals surface area (Å²) >= 11 is 5.46. The highest BCUT2D eigenvalue weighted by atomic mass is 35.5. The van der Waals surface area contributed by atoms with Gasteiger partial charge in [-0.1, -0.05) is 18.2 Å². The third-order valence-corrected chi connectivity index (χ3v) is 1.74. The molecule has 0 aliphatic heterocycles. The average molecular weight is 228 g/mol. The molecule has 4 nitrogen and oxygen atoms in total. The van der Waals surface area contributed by atoms with E-state index in [0.717, 1.165) is 6.07 Å². The van der Waals surface area contributed by atoms with Crippen LogP contribution >= 0.6 is 11.6 Å². The van der Waals surface area contributed by atoms with Crippen molar-refractivity contribution in [1.82, 2.24) is 5.32 Å². The number of carbonyl (C=O) groups excluding carboxylic acids is 1. The van der Waals surface area contributed by atoms with Crippen LogP contribution in [0.3, 0.4) is 0 Å². The van der Waals surface area contributed by atoms with Crippen molar-refractivity contribution in [3.05, 3.63) is 35.4 Å². The number of carbonyl (C=O) groups is 1. The standard InChI is InChI=1S/C10H10ClNO3/c1-6(11)5-12-10(15)7-2-8(13)4-9(14)3-7/h2-4,13-14H,1,5H2,(H,12,15). The number of rotatable bonds is 3. The van der Waals surface area contributed by atoms with Crippen molar-refractivity contribution in [3.8, 4) is 11.5 Å². The van der Waals surface area contributed by atoms with Gasteiger partial charge in [-0.05, 0) is 12.1 Å². The molecule has 80 valence electrons. The molecule has 1 rings (SSSR count). The summed E-state index contributed by atoms with van der Waals surface area (Å²) in [4.78, 5) is 11.4. The van der Waals surface area contributed by atoms with Gasteiger partial charge in [0.25, 0.3) is 5.91 Å². The number of phenolic OH excluding ortho intramolecular Hbond substituents is 2. The SMILES string of the molecule is C=C(Cl)CNC(=O)c1cc(O)cc(O)c1. The molecule has 0 unspecified atom stereocenters. The molecule has 0 aliphatic rings. The minimum Gasteiger partial charge on any atom is -0.508 e. The van der Waals surface area contributed by atoms with Crippen LogP contribution in [0.25, 0.3) is 0 Å². The summed E-state index contributed by atoms with van der Waals surface area (Å²) in [6.45, 7) is 3.54. The number of amides is 1. The van der Waals surface area contributed by atoms with Crippen LogP contribution in [0.5, 0.6) is 11.5 Å². The Hall–Kier alpha value is -1.68. The minimum atomic E-state index is -0.442. The van der Waals surface area contributed by atoms with Crippen LogP contribution < -0.4 is 5.32 Å². The molecule has 0 fully saturated rings. The quantitative estimate of drug-likeness (QED) is 0.734. The van der Waals surface area contributed by atoms with Gasteiger partial charge in [-0.2, -0.15) is 0 Å². The maximum atomic E-state index is 11.4. The van der Waals surface area contributed by atoms with E-state index in [1.54, 1.807) is 0 Å². The largest absolute Gasteiger partial charge is 0.508 e. The summed E-state index contributed by atoms with van der Waals surface area (Å²) in [5.74, 6) is -0.794. The molecule has 0 heterocycles. The number of halogens is 1. The first-order valence-corrected chi connectivity index (χ1v) is 4.51. The fourth-order valence-electron chi connectivity index (χ4n) is 1.00. The van der Waals surface area contributed by atoms with E-state index in [9.17, 15) is 4.79 Å². The summed E-state index contributed by atoms with van der Waals surface area (Å²) < 4.78 is 0. The molecule has 0 saturated heterocycles. The molecule has 1 aromatic rings. The smallest absolute Gasteiger partial charge is 0.251 e. The number of benzene rings is 1. The van der Waals surface area contributed by atoms with Crippen molar-refractivity contribution in [1.29, 1.82) is 0 Å². The van der Waals surface area contributed by atoms with Crippen molar-refractivity contribution < 1.29 is 15.0 Å². The van der Waals surface area contributed by atoms with Gasteiger partial charge >= 0.3 is 0 Å². The van der Waals surface area contributed by atoms with E-state index in [1.807, 2.05) is 0 Å². The van der Waals surface area contributed by atoms with Crippen LogP contribution in [0.1, 0.15) is 10.4 Å². The normalized spacial score (nSPS) is 9.67. The molecule has 0 bridgehead atoms. The van der Waals surface area contributed by atoms with Crippen LogP contribution in [0.2, 0.25) is 0 Å². The van der Waals surface area contributed by atoms with E-state index in [1.165, 1.54) is 12.1 Å². The van der Waals surface area contributed by atoms with E-state index in [0.29, 0.717) is 5.03 Å². The first-order valence-electron chi connectivity index (χ1n) is 4.13. The summed E-state index contributed by atoms with van der Waals surface area (Å²) in [5.41, 5.74) is 0.158. The number of hydrogen-bond acceptors (Lipinski definition) is 3. The fraction of sp³-hybridized carbons (Fsp3) is 0.100. The third kappa shape index (κ3) is 3.52. The Kier molecular flexibility index (Phi) is 3.57. The third-order valence-electron chi connectivity index (χ3n) is 1.61. The number of aromatic hydroxyl groups is 2. The van der Waals surface area contributed by atoms with Crippen LogP contribution in [-0.2, 0) is 0 Å². The summed E-state index contributed by atoms with van der Waals surface area (Å²) in [7, 11) is 0. The zero-order valence-electron chi connectivity index (χ0n) is 7.83. The van der Waals surface area contributed by atoms with E-state index in [-0.39, 0.29) is 23.6 Å². The average Bonchev–Trinajstić information content (AvgIpc) is 2.12. The maximum Gasteiger partial charge on any atom is 0.251 e. The minimum absolute atomic E-state index is 0.136. The van der Waals surface area contributed by atoms with Crippen molar-refractivity contribution in [2.75, 3.05) is 6.54 Å². The first kappa shape index (κ1) is 11.4. The Bertz CT molecular complexity index is 383. The topological polar surface area (TPSA) is 69.6 Å². The van der Waals surface area contributed by atoms with E-state index < -0.39 is 5.91 Å². The maximum absolute atomic E-state index is 11.4. The van der Waals surface area contributed by atoms with E-state index in [2.05, 4.69) is 11.9 Å². The highest BCUT2D eigenvalue weighted by Gasteiger charge is 2.07. The Balaban J connectivity index is 2.77. The Morgan fingerprint density at radius 1 is 1.33 bits per heavy atom. The Morgan fingerprint density at radius 3 is 2.33 bits per heavy atom. The highest BCUT2D eigenvalue weighted by molar-refractivity contribution is 6.29. The van der Waals surface area contributed by atoms with Gasteiger partial charge < -0.3 is 15.5 Å². The lowest BCUT2D eigenvalue weighted by Crippen LogP contribution is -2.24. The Morgan fingerprint density at radius 2 is 1.87 bits per heavy atom. The predicted molar refractivity (Wildman–Crippen MR) is 57.1 cm³/mol. The van der Waals surface area contributed by atoms with Gasteiger partial charge in [0.1, 0.15) is 11.5 Å². The van der Waals surface area contributed by atoms with Gasteiger partial charge in [0.2, 0.25) is 0 Å².